The lowest BCUT2D eigenvalue weighted by atomic mass is 10.0. The van der Waals surface area contributed by atoms with E-state index in [0.29, 0.717) is 6.08 Å². The van der Waals surface area contributed by atoms with Gasteiger partial charge in [0.05, 0.1) is 5.57 Å². The summed E-state index contributed by atoms with van der Waals surface area (Å²) in [4.78, 5) is 13.5. The standard InChI is InChI=1S/C21H19Cl2F3OS/c1-12-7-13(5-6-19(12)28-20(2,3)4)18(27)11-17(21(24,25)26)14-8-15(22)10-16(23)9-14/h5-11H,1-4H3. The van der Waals surface area contributed by atoms with Crippen molar-refractivity contribution in [2.24, 2.45) is 0 Å². The highest BCUT2D eigenvalue weighted by molar-refractivity contribution is 8.00. The molecule has 0 N–H and O–H groups in total. The van der Waals surface area contributed by atoms with Crippen LogP contribution < -0.4 is 0 Å². The van der Waals surface area contributed by atoms with Crippen molar-refractivity contribution < 1.29 is 18.0 Å². The molecule has 0 aliphatic heterocycles. The van der Waals surface area contributed by atoms with Gasteiger partial charge in [-0.15, -0.1) is 11.8 Å². The van der Waals surface area contributed by atoms with E-state index in [1.165, 1.54) is 6.07 Å². The van der Waals surface area contributed by atoms with Crippen molar-refractivity contribution in [3.05, 3.63) is 69.2 Å². The zero-order valence-electron chi connectivity index (χ0n) is 15.7. The highest BCUT2D eigenvalue weighted by atomic mass is 35.5. The Labute approximate surface area is 176 Å². The predicted molar refractivity (Wildman–Crippen MR) is 112 cm³/mol. The fraction of sp³-hybridized carbons (Fsp3) is 0.286. The van der Waals surface area contributed by atoms with E-state index in [2.05, 4.69) is 20.8 Å². The summed E-state index contributed by atoms with van der Waals surface area (Å²) >= 11 is 13.3. The van der Waals surface area contributed by atoms with Gasteiger partial charge in [-0.2, -0.15) is 13.2 Å². The number of benzene rings is 2. The maximum absolute atomic E-state index is 13.6. The Hall–Kier alpha value is -1.43. The van der Waals surface area contributed by atoms with Crippen LogP contribution in [0.15, 0.2) is 47.4 Å². The average molecular weight is 447 g/mol. The molecule has 7 heteroatoms. The van der Waals surface area contributed by atoms with Crippen LogP contribution in [0.3, 0.4) is 0 Å². The van der Waals surface area contributed by atoms with E-state index in [1.807, 2.05) is 6.92 Å². The predicted octanol–water partition coefficient (Wildman–Crippen LogP) is 8.02. The van der Waals surface area contributed by atoms with E-state index in [1.54, 1.807) is 30.0 Å². The number of thioether (sulfide) groups is 1. The summed E-state index contributed by atoms with van der Waals surface area (Å²) in [5.74, 6) is -0.737. The summed E-state index contributed by atoms with van der Waals surface area (Å²) < 4.78 is 40.7. The van der Waals surface area contributed by atoms with Crippen LogP contribution in [-0.2, 0) is 0 Å². The molecule has 2 aromatic rings. The molecule has 0 aliphatic carbocycles. The van der Waals surface area contributed by atoms with E-state index >= 15 is 0 Å². The SMILES string of the molecule is Cc1cc(C(=O)C=C(c2cc(Cl)cc(Cl)c2)C(F)(F)F)ccc1SC(C)(C)C. The first-order valence-electron chi connectivity index (χ1n) is 8.35. The minimum absolute atomic E-state index is 0.0223. The molecule has 0 radical (unpaired) electrons. The van der Waals surface area contributed by atoms with Crippen molar-refractivity contribution in [3.63, 3.8) is 0 Å². The second kappa shape index (κ2) is 8.52. The molecule has 0 spiro atoms. The molecule has 0 amide bonds. The average Bonchev–Trinajstić information content (AvgIpc) is 2.51. The fourth-order valence-electron chi connectivity index (χ4n) is 2.50. The maximum atomic E-state index is 13.6. The summed E-state index contributed by atoms with van der Waals surface area (Å²) in [5.41, 5.74) is -0.327. The topological polar surface area (TPSA) is 17.1 Å². The van der Waals surface area contributed by atoms with Gasteiger partial charge >= 0.3 is 6.18 Å². The first-order chi connectivity index (χ1) is 12.8. The Morgan fingerprint density at radius 1 is 0.964 bits per heavy atom. The molecule has 0 saturated carbocycles. The van der Waals surface area contributed by atoms with Gasteiger partial charge in [-0.25, -0.2) is 0 Å². The number of rotatable bonds is 4. The number of carbonyl (C=O) groups excluding carboxylic acids is 1. The van der Waals surface area contributed by atoms with E-state index < -0.39 is 17.5 Å². The number of carbonyl (C=O) groups is 1. The van der Waals surface area contributed by atoms with Crippen molar-refractivity contribution in [1.82, 2.24) is 0 Å². The zero-order valence-corrected chi connectivity index (χ0v) is 18.1. The van der Waals surface area contributed by atoms with E-state index in [9.17, 15) is 18.0 Å². The smallest absolute Gasteiger partial charge is 0.289 e. The Balaban J connectivity index is 2.45. The number of ketones is 1. The van der Waals surface area contributed by atoms with E-state index in [4.69, 9.17) is 23.2 Å². The molecule has 0 heterocycles. The Kier molecular flexibility index (Phi) is 6.95. The highest BCUT2D eigenvalue weighted by Gasteiger charge is 2.35. The van der Waals surface area contributed by atoms with Crippen LogP contribution in [0.25, 0.3) is 5.57 Å². The van der Waals surface area contributed by atoms with Crippen LogP contribution in [0.1, 0.15) is 42.3 Å². The number of alkyl halides is 3. The first kappa shape index (κ1) is 22.9. The van der Waals surface area contributed by atoms with Gasteiger partial charge < -0.3 is 0 Å². The van der Waals surface area contributed by atoms with Crippen molar-refractivity contribution in [2.45, 2.75) is 43.5 Å². The summed E-state index contributed by atoms with van der Waals surface area (Å²) in [6.07, 6.45) is -4.14. The number of hydrogen-bond acceptors (Lipinski definition) is 2. The fourth-order valence-corrected chi connectivity index (χ4v) is 4.04. The normalized spacial score (nSPS) is 13.0. The van der Waals surface area contributed by atoms with Crippen molar-refractivity contribution in [1.29, 1.82) is 0 Å². The number of allylic oxidation sites excluding steroid dienone is 2. The van der Waals surface area contributed by atoms with Crippen LogP contribution in [0.2, 0.25) is 10.0 Å². The van der Waals surface area contributed by atoms with Crippen LogP contribution in [-0.4, -0.2) is 16.7 Å². The molecule has 0 atom stereocenters. The molecule has 28 heavy (non-hydrogen) atoms. The Morgan fingerprint density at radius 3 is 2.00 bits per heavy atom. The third kappa shape index (κ3) is 6.29. The third-order valence-electron chi connectivity index (χ3n) is 3.63. The highest BCUT2D eigenvalue weighted by Crippen LogP contribution is 2.37. The van der Waals surface area contributed by atoms with Crippen molar-refractivity contribution in [2.75, 3.05) is 0 Å². The van der Waals surface area contributed by atoms with E-state index in [0.717, 1.165) is 22.6 Å². The molecule has 0 saturated heterocycles. The summed E-state index contributed by atoms with van der Waals surface area (Å²) in [6, 6.07) is 8.50. The summed E-state index contributed by atoms with van der Waals surface area (Å²) in [7, 11) is 0. The molecule has 2 aromatic carbocycles. The lowest BCUT2D eigenvalue weighted by molar-refractivity contribution is -0.0689. The van der Waals surface area contributed by atoms with Crippen LogP contribution in [0, 0.1) is 6.92 Å². The number of aryl methyl sites for hydroxylation is 1. The number of halogens is 5. The second-order valence-corrected chi connectivity index (χ2v) is 10.0. The molecule has 0 fully saturated rings. The van der Waals surface area contributed by atoms with Crippen molar-refractivity contribution in [3.8, 4) is 0 Å². The van der Waals surface area contributed by atoms with Crippen LogP contribution in [0.4, 0.5) is 13.2 Å². The molecule has 1 nitrogen and oxygen atoms in total. The van der Waals surface area contributed by atoms with Gasteiger partial charge in [0.15, 0.2) is 5.78 Å². The maximum Gasteiger partial charge on any atom is 0.417 e. The molecule has 0 aromatic heterocycles. The zero-order chi connectivity index (χ0) is 21.3. The number of hydrogen-bond donors (Lipinski definition) is 0. The van der Waals surface area contributed by atoms with Gasteiger partial charge in [0.2, 0.25) is 0 Å². The van der Waals surface area contributed by atoms with Crippen LogP contribution >= 0.6 is 35.0 Å². The Bertz CT molecular complexity index is 908. The molecule has 0 aliphatic rings. The molecule has 150 valence electrons. The van der Waals surface area contributed by atoms with Gasteiger partial charge in [-0.05, 0) is 60.5 Å². The molecule has 0 unspecified atom stereocenters. The third-order valence-corrected chi connectivity index (χ3v) is 5.36. The largest absolute Gasteiger partial charge is 0.417 e. The van der Waals surface area contributed by atoms with Crippen LogP contribution in [0.5, 0.6) is 0 Å². The van der Waals surface area contributed by atoms with Gasteiger partial charge in [0.25, 0.3) is 0 Å². The minimum Gasteiger partial charge on any atom is -0.289 e. The first-order valence-corrected chi connectivity index (χ1v) is 9.93. The van der Waals surface area contributed by atoms with Crippen molar-refractivity contribution >= 4 is 46.3 Å². The molecular weight excluding hydrogens is 428 g/mol. The minimum atomic E-state index is -4.74. The lowest BCUT2D eigenvalue weighted by Crippen LogP contribution is -2.13. The van der Waals surface area contributed by atoms with Gasteiger partial charge in [0, 0.05) is 25.3 Å². The van der Waals surface area contributed by atoms with E-state index in [-0.39, 0.29) is 25.9 Å². The second-order valence-electron chi connectivity index (χ2n) is 7.27. The summed E-state index contributed by atoms with van der Waals surface area (Å²) in [6.45, 7) is 8.01. The van der Waals surface area contributed by atoms with Gasteiger partial charge in [-0.3, -0.25) is 4.79 Å². The lowest BCUT2D eigenvalue weighted by Gasteiger charge is -2.19. The Morgan fingerprint density at radius 2 is 1.54 bits per heavy atom. The quantitative estimate of drug-likeness (QED) is 0.268. The van der Waals surface area contributed by atoms with Gasteiger partial charge in [-0.1, -0.05) is 44.0 Å². The molecular formula is C21H19Cl2F3OS. The monoisotopic (exact) mass is 446 g/mol. The van der Waals surface area contributed by atoms with Gasteiger partial charge in [0.1, 0.15) is 0 Å². The molecule has 2 rings (SSSR count). The molecule has 0 bridgehead atoms. The summed E-state index contributed by atoms with van der Waals surface area (Å²) in [5, 5.41) is 0.119.